The van der Waals surface area contributed by atoms with Gasteiger partial charge in [-0.25, -0.2) is 0 Å². The molecule has 0 bridgehead atoms. The van der Waals surface area contributed by atoms with Crippen molar-refractivity contribution in [3.63, 3.8) is 0 Å². The molecule has 48 heavy (non-hydrogen) atoms. The van der Waals surface area contributed by atoms with Crippen molar-refractivity contribution in [3.8, 4) is 0 Å². The van der Waals surface area contributed by atoms with E-state index in [2.05, 4.69) is 67.7 Å². The molecule has 2 aromatic carbocycles. The molecule has 0 saturated heterocycles. The molecule has 0 saturated carbocycles. The molecule has 0 atom stereocenters. The number of para-hydroxylation sites is 1. The number of rotatable bonds is 35. The van der Waals surface area contributed by atoms with Gasteiger partial charge in [-0.3, -0.25) is 0 Å². The van der Waals surface area contributed by atoms with Crippen LogP contribution in [0.15, 0.2) is 48.5 Å². The molecule has 0 unspecified atom stereocenters. The molecule has 0 aliphatic rings. The third-order valence-corrected chi connectivity index (χ3v) is 16.6. The van der Waals surface area contributed by atoms with Gasteiger partial charge in [0.1, 0.15) is 0 Å². The monoisotopic (exact) mass is 891 g/mol. The van der Waals surface area contributed by atoms with Crippen LogP contribution < -0.4 is 12.5 Å². The van der Waals surface area contributed by atoms with Gasteiger partial charge < -0.3 is 0 Å². The van der Waals surface area contributed by atoms with E-state index in [-0.39, 0.29) is 41.8 Å². The molecule has 2 aromatic rings. The predicted molar refractivity (Wildman–Crippen MR) is 221 cm³/mol. The van der Waals surface area contributed by atoms with Crippen molar-refractivity contribution in [1.82, 2.24) is 0 Å². The van der Waals surface area contributed by atoms with Crippen molar-refractivity contribution in [2.45, 2.75) is 209 Å². The summed E-state index contributed by atoms with van der Waals surface area (Å²) in [5, 5.41) is 3.88. The molecule has 0 fully saturated rings. The van der Waals surface area contributed by atoms with Gasteiger partial charge in [-0.1, -0.05) is 52.4 Å². The summed E-state index contributed by atoms with van der Waals surface area (Å²) in [7, 11) is 0. The Balaban J connectivity index is 1.50. The molecule has 3 heteroatoms. The molecule has 0 aliphatic heterocycles. The van der Waals surface area contributed by atoms with Crippen LogP contribution in [0.3, 0.4) is 0 Å². The van der Waals surface area contributed by atoms with E-state index in [1.165, 1.54) is 194 Å². The molecule has 0 spiro atoms. The minimum Gasteiger partial charge on any atom is -0.0654 e. The van der Waals surface area contributed by atoms with Gasteiger partial charge in [0.2, 0.25) is 0 Å². The second kappa shape index (κ2) is 33.9. The van der Waals surface area contributed by atoms with Gasteiger partial charge in [0.05, 0.1) is 0 Å². The number of hydrogen-bond donors (Lipinski definition) is 1. The average molecular weight is 887 g/mol. The second-order valence-corrected chi connectivity index (χ2v) is 20.8. The normalized spacial score (nSPS) is 11.4. The quantitative estimate of drug-likeness (QED) is 0.0537. The van der Waals surface area contributed by atoms with Crippen molar-refractivity contribution >= 4 is 54.8 Å². The van der Waals surface area contributed by atoms with Gasteiger partial charge >= 0.3 is 271 Å². The van der Waals surface area contributed by atoms with Crippen LogP contribution in [0.4, 0.5) is 5.69 Å². The number of benzene rings is 2. The fourth-order valence-electron chi connectivity index (χ4n) is 6.68. The van der Waals surface area contributed by atoms with E-state index < -0.39 is 0 Å². The van der Waals surface area contributed by atoms with Crippen molar-refractivity contribution in [3.05, 3.63) is 54.1 Å². The zero-order chi connectivity index (χ0) is 34.0. The van der Waals surface area contributed by atoms with Crippen LogP contribution in [0.5, 0.6) is 0 Å². The summed E-state index contributed by atoms with van der Waals surface area (Å²) in [6, 6.07) is 18.5. The summed E-state index contributed by atoms with van der Waals surface area (Å²) in [4.78, 5) is 0. The molecular formula is C45H77NTe2. The fourth-order valence-corrected chi connectivity index (χ4v) is 12.7. The van der Waals surface area contributed by atoms with E-state index in [0.29, 0.717) is 0 Å². The van der Waals surface area contributed by atoms with E-state index >= 15 is 0 Å². The molecule has 1 N–H and O–H groups in total. The number of hydrogen-bond acceptors (Lipinski definition) is 1. The fraction of sp³-hybridized carbons (Fsp3) is 0.733. The first-order valence-electron chi connectivity index (χ1n) is 21.0. The zero-order valence-electron chi connectivity index (χ0n) is 31.9. The smallest absolute Gasteiger partial charge is 0.0654 e. The van der Waals surface area contributed by atoms with Gasteiger partial charge in [0.15, 0.2) is 0 Å². The summed E-state index contributed by atoms with van der Waals surface area (Å²) >= 11 is -0.201. The SMILES string of the molecule is CCCCCCCCCCCCCCCC[Te]c1ccccc1CNc1ccccc1[Te]CCCCCCCCCCCCCCCC. The van der Waals surface area contributed by atoms with E-state index in [9.17, 15) is 0 Å². The van der Waals surface area contributed by atoms with Crippen molar-refractivity contribution in [2.75, 3.05) is 5.32 Å². The van der Waals surface area contributed by atoms with Crippen LogP contribution in [0.1, 0.15) is 199 Å². The third-order valence-electron chi connectivity index (χ3n) is 9.84. The van der Waals surface area contributed by atoms with Crippen LogP contribution in [0, 0.1) is 0 Å². The van der Waals surface area contributed by atoms with Gasteiger partial charge in [0, 0.05) is 0 Å². The molecular weight excluding hydrogens is 810 g/mol. The van der Waals surface area contributed by atoms with Gasteiger partial charge in [-0.2, -0.15) is 0 Å². The second-order valence-electron chi connectivity index (χ2n) is 14.3. The van der Waals surface area contributed by atoms with Crippen LogP contribution in [0.2, 0.25) is 8.94 Å². The molecule has 0 aliphatic carbocycles. The van der Waals surface area contributed by atoms with E-state index in [1.54, 1.807) is 12.8 Å². The molecule has 1 nitrogen and oxygen atoms in total. The Morgan fingerprint density at radius 1 is 0.375 bits per heavy atom. The van der Waals surface area contributed by atoms with Gasteiger partial charge in [-0.15, -0.1) is 0 Å². The first kappa shape index (κ1) is 44.0. The van der Waals surface area contributed by atoms with Gasteiger partial charge in [-0.05, 0) is 0 Å². The standard InChI is InChI=1S/C45H77NTe2/c1-3-5-7-9-11-13-15-17-19-21-23-25-27-33-39-47-44-37-31-29-35-42(44)41-46-43-36-30-32-38-45(43)48-40-34-28-26-24-22-20-18-16-14-12-10-8-6-4-2/h29-32,35-38,46H,3-28,33-34,39-41H2,1-2H3. The molecule has 0 amide bonds. The van der Waals surface area contributed by atoms with E-state index in [4.69, 9.17) is 0 Å². The van der Waals surface area contributed by atoms with E-state index in [0.717, 1.165) is 6.54 Å². The molecule has 2 rings (SSSR count). The maximum atomic E-state index is 3.88. The number of anilines is 1. The van der Waals surface area contributed by atoms with E-state index in [1.807, 2.05) is 0 Å². The summed E-state index contributed by atoms with van der Waals surface area (Å²) in [6.45, 7) is 5.61. The maximum absolute atomic E-state index is 3.88. The Hall–Kier alpha value is -0.181. The van der Waals surface area contributed by atoms with Gasteiger partial charge in [0.25, 0.3) is 0 Å². The Morgan fingerprint density at radius 2 is 0.708 bits per heavy atom. The Kier molecular flexibility index (Phi) is 31.1. The van der Waals surface area contributed by atoms with Crippen LogP contribution in [0.25, 0.3) is 0 Å². The Bertz CT molecular complexity index is 882. The molecule has 0 aromatic heterocycles. The zero-order valence-corrected chi connectivity index (χ0v) is 36.5. The topological polar surface area (TPSA) is 12.0 Å². The first-order chi connectivity index (χ1) is 23.8. The summed E-state index contributed by atoms with van der Waals surface area (Å²) in [5.41, 5.74) is 2.96. The Labute approximate surface area is 320 Å². The molecule has 274 valence electrons. The van der Waals surface area contributed by atoms with Crippen LogP contribution in [-0.2, 0) is 6.54 Å². The summed E-state index contributed by atoms with van der Waals surface area (Å²) < 4.78 is 6.22. The van der Waals surface area contributed by atoms with Crippen molar-refractivity contribution in [2.24, 2.45) is 0 Å². The Morgan fingerprint density at radius 3 is 1.15 bits per heavy atom. The average Bonchev–Trinajstić information content (AvgIpc) is 3.11. The van der Waals surface area contributed by atoms with Crippen LogP contribution in [-0.4, -0.2) is 41.8 Å². The predicted octanol–water partition coefficient (Wildman–Crippen LogP) is 13.8. The third kappa shape index (κ3) is 24.9. The number of nitrogens with one attached hydrogen (secondary N) is 1. The number of unbranched alkanes of at least 4 members (excludes halogenated alkanes) is 26. The molecule has 0 heterocycles. The summed E-state index contributed by atoms with van der Waals surface area (Å²) in [5.74, 6) is 0. The van der Waals surface area contributed by atoms with Crippen LogP contribution >= 0.6 is 0 Å². The van der Waals surface area contributed by atoms with Crippen molar-refractivity contribution in [1.29, 1.82) is 0 Å². The molecule has 0 radical (unpaired) electrons. The summed E-state index contributed by atoms with van der Waals surface area (Å²) in [6.07, 6.45) is 40.6. The van der Waals surface area contributed by atoms with Crippen molar-refractivity contribution < 1.29 is 0 Å². The minimum absolute atomic E-state index is 0.0894. The minimum atomic E-state index is -0.112. The first-order valence-corrected chi connectivity index (χ1v) is 26.6.